The molecule has 2 aromatic carbocycles. The first-order valence-electron chi connectivity index (χ1n) is 8.58. The lowest BCUT2D eigenvalue weighted by molar-refractivity contribution is -0.138. The topological polar surface area (TPSA) is 93.1 Å². The maximum absolute atomic E-state index is 10.7. The predicted octanol–water partition coefficient (Wildman–Crippen LogP) is 3.33. The van der Waals surface area contributed by atoms with Crippen molar-refractivity contribution >= 4 is 11.9 Å². The van der Waals surface area contributed by atoms with Crippen LogP contribution in [-0.4, -0.2) is 35.4 Å². The summed E-state index contributed by atoms with van der Waals surface area (Å²) in [5.41, 5.74) is 1.95. The van der Waals surface area contributed by atoms with Crippen molar-refractivity contribution in [1.29, 1.82) is 0 Å². The van der Waals surface area contributed by atoms with Crippen LogP contribution in [0.2, 0.25) is 0 Å². The molecule has 0 saturated carbocycles. The lowest BCUT2D eigenvalue weighted by Crippen LogP contribution is -2.04. The van der Waals surface area contributed by atoms with Crippen molar-refractivity contribution in [2.24, 2.45) is 0 Å². The molecule has 2 rings (SSSR count). The SMILES string of the molecule is C=CC(=O)OCCc1ccc(O)cc1.C=CC(=O)OCCc1cccc(O)c1. The van der Waals surface area contributed by atoms with Gasteiger partial charge in [0.05, 0.1) is 13.2 Å². The van der Waals surface area contributed by atoms with E-state index in [2.05, 4.69) is 13.2 Å². The smallest absolute Gasteiger partial charge is 0.330 e. The molecule has 0 atom stereocenters. The van der Waals surface area contributed by atoms with Crippen molar-refractivity contribution in [1.82, 2.24) is 0 Å². The maximum Gasteiger partial charge on any atom is 0.330 e. The normalized spacial score (nSPS) is 9.43. The van der Waals surface area contributed by atoms with Crippen LogP contribution in [0.3, 0.4) is 0 Å². The van der Waals surface area contributed by atoms with Crippen molar-refractivity contribution in [2.45, 2.75) is 12.8 Å². The second kappa shape index (κ2) is 12.8. The van der Waals surface area contributed by atoms with Crippen LogP contribution in [0.25, 0.3) is 0 Å². The molecule has 0 aromatic heterocycles. The molecule has 0 unspecified atom stereocenters. The number of benzene rings is 2. The van der Waals surface area contributed by atoms with Crippen molar-refractivity contribution in [3.8, 4) is 11.5 Å². The van der Waals surface area contributed by atoms with Gasteiger partial charge in [-0.1, -0.05) is 37.4 Å². The summed E-state index contributed by atoms with van der Waals surface area (Å²) in [6, 6.07) is 13.6. The van der Waals surface area contributed by atoms with Gasteiger partial charge in [-0.05, 0) is 35.4 Å². The molecule has 2 aromatic rings. The molecule has 6 nitrogen and oxygen atoms in total. The van der Waals surface area contributed by atoms with Crippen LogP contribution in [0.15, 0.2) is 73.8 Å². The van der Waals surface area contributed by atoms with Crippen LogP contribution in [0.4, 0.5) is 0 Å². The Morgan fingerprint density at radius 1 is 0.786 bits per heavy atom. The fraction of sp³-hybridized carbons (Fsp3) is 0.182. The van der Waals surface area contributed by atoms with E-state index in [0.29, 0.717) is 26.1 Å². The molecule has 0 aliphatic heterocycles. The predicted molar refractivity (Wildman–Crippen MR) is 106 cm³/mol. The minimum Gasteiger partial charge on any atom is -0.508 e. The largest absolute Gasteiger partial charge is 0.508 e. The first-order valence-corrected chi connectivity index (χ1v) is 8.58. The monoisotopic (exact) mass is 384 g/mol. The molecule has 0 fully saturated rings. The summed E-state index contributed by atoms with van der Waals surface area (Å²) >= 11 is 0. The number of hydrogen-bond acceptors (Lipinski definition) is 6. The van der Waals surface area contributed by atoms with Crippen LogP contribution >= 0.6 is 0 Å². The van der Waals surface area contributed by atoms with Crippen LogP contribution in [0, 0.1) is 0 Å². The molecule has 6 heteroatoms. The zero-order valence-corrected chi connectivity index (χ0v) is 15.5. The number of carbonyl (C=O) groups excluding carboxylic acids is 2. The van der Waals surface area contributed by atoms with Crippen LogP contribution in [-0.2, 0) is 31.9 Å². The fourth-order valence-corrected chi connectivity index (χ4v) is 2.03. The quantitative estimate of drug-likeness (QED) is 0.536. The fourth-order valence-electron chi connectivity index (χ4n) is 2.03. The Bertz CT molecular complexity index is 780. The van der Waals surface area contributed by atoms with Gasteiger partial charge >= 0.3 is 11.9 Å². The Kier molecular flexibility index (Phi) is 10.3. The summed E-state index contributed by atoms with van der Waals surface area (Å²) in [6.45, 7) is 7.20. The molecule has 148 valence electrons. The van der Waals surface area contributed by atoms with Crippen molar-refractivity contribution in [2.75, 3.05) is 13.2 Å². The molecular weight excluding hydrogens is 360 g/mol. The third-order valence-corrected chi connectivity index (χ3v) is 3.45. The second-order valence-corrected chi connectivity index (χ2v) is 5.58. The molecule has 28 heavy (non-hydrogen) atoms. The molecule has 0 spiro atoms. The molecule has 0 amide bonds. The Labute approximate surface area is 164 Å². The third kappa shape index (κ3) is 9.82. The van der Waals surface area contributed by atoms with Gasteiger partial charge in [0, 0.05) is 25.0 Å². The molecule has 0 bridgehead atoms. The summed E-state index contributed by atoms with van der Waals surface area (Å²) in [6.07, 6.45) is 3.49. The van der Waals surface area contributed by atoms with E-state index >= 15 is 0 Å². The molecule has 0 aliphatic rings. The number of esters is 2. The number of rotatable bonds is 8. The second-order valence-electron chi connectivity index (χ2n) is 5.58. The Morgan fingerprint density at radius 2 is 1.32 bits per heavy atom. The third-order valence-electron chi connectivity index (χ3n) is 3.45. The van der Waals surface area contributed by atoms with E-state index in [0.717, 1.165) is 23.3 Å². The average molecular weight is 384 g/mol. The van der Waals surface area contributed by atoms with Crippen molar-refractivity contribution < 1.29 is 29.3 Å². The number of aromatic hydroxyl groups is 2. The van der Waals surface area contributed by atoms with E-state index in [-0.39, 0.29) is 11.5 Å². The van der Waals surface area contributed by atoms with Crippen molar-refractivity contribution in [3.05, 3.63) is 85.0 Å². The molecule has 0 heterocycles. The number of ether oxygens (including phenoxy) is 2. The van der Waals surface area contributed by atoms with Crippen LogP contribution in [0.5, 0.6) is 11.5 Å². The molecule has 0 saturated heterocycles. The van der Waals surface area contributed by atoms with E-state index < -0.39 is 11.9 Å². The van der Waals surface area contributed by atoms with Gasteiger partial charge in [-0.15, -0.1) is 0 Å². The highest BCUT2D eigenvalue weighted by atomic mass is 16.5. The summed E-state index contributed by atoms with van der Waals surface area (Å²) in [5, 5.41) is 18.2. The molecular formula is C22H24O6. The highest BCUT2D eigenvalue weighted by Gasteiger charge is 1.98. The maximum atomic E-state index is 10.7. The lowest BCUT2D eigenvalue weighted by Gasteiger charge is -2.02. The highest BCUT2D eigenvalue weighted by molar-refractivity contribution is 5.81. The van der Waals surface area contributed by atoms with Gasteiger partial charge in [-0.25, -0.2) is 9.59 Å². The number of carbonyl (C=O) groups is 2. The minimum atomic E-state index is -0.426. The Hall–Kier alpha value is -3.54. The first kappa shape index (κ1) is 22.5. The zero-order chi connectivity index (χ0) is 20.8. The zero-order valence-electron chi connectivity index (χ0n) is 15.5. The van der Waals surface area contributed by atoms with Gasteiger partial charge in [0.1, 0.15) is 11.5 Å². The first-order chi connectivity index (χ1) is 13.4. The summed E-state index contributed by atoms with van der Waals surface area (Å²) in [7, 11) is 0. The van der Waals surface area contributed by atoms with Crippen LogP contribution in [0.1, 0.15) is 11.1 Å². The minimum absolute atomic E-state index is 0.220. The summed E-state index contributed by atoms with van der Waals surface area (Å²) < 4.78 is 9.60. The van der Waals surface area contributed by atoms with E-state index in [1.54, 1.807) is 42.5 Å². The van der Waals surface area contributed by atoms with Gasteiger partial charge < -0.3 is 19.7 Å². The number of phenols is 2. The van der Waals surface area contributed by atoms with Gasteiger partial charge in [0.2, 0.25) is 0 Å². The van der Waals surface area contributed by atoms with Crippen LogP contribution < -0.4 is 0 Å². The molecule has 0 radical (unpaired) electrons. The Balaban J connectivity index is 0.000000280. The lowest BCUT2D eigenvalue weighted by atomic mass is 10.1. The number of phenolic OH excluding ortho intramolecular Hbond substituents is 2. The van der Waals surface area contributed by atoms with E-state index in [1.165, 1.54) is 0 Å². The summed E-state index contributed by atoms with van der Waals surface area (Å²) in [5.74, 6) is -0.386. The molecule has 2 N–H and O–H groups in total. The van der Waals surface area contributed by atoms with Gasteiger partial charge in [0.25, 0.3) is 0 Å². The van der Waals surface area contributed by atoms with E-state index in [9.17, 15) is 9.59 Å². The van der Waals surface area contributed by atoms with Gasteiger partial charge in [0.15, 0.2) is 0 Å². The highest BCUT2D eigenvalue weighted by Crippen LogP contribution is 2.11. The Morgan fingerprint density at radius 3 is 1.82 bits per heavy atom. The van der Waals surface area contributed by atoms with Gasteiger partial charge in [-0.2, -0.15) is 0 Å². The van der Waals surface area contributed by atoms with Gasteiger partial charge in [-0.3, -0.25) is 0 Å². The average Bonchev–Trinajstić information content (AvgIpc) is 2.69. The molecule has 0 aliphatic carbocycles. The standard InChI is InChI=1S/2C11H12O3/c1-2-11(13)14-8-7-9-3-5-10(12)6-4-9;1-2-11(13)14-7-6-9-4-3-5-10(12)8-9/h2-6,12H,1,7-8H2;2-5,8,12H,1,6-7H2. The van der Waals surface area contributed by atoms with E-state index in [4.69, 9.17) is 19.7 Å². The van der Waals surface area contributed by atoms with E-state index in [1.807, 2.05) is 6.07 Å². The number of hydrogen-bond donors (Lipinski definition) is 2. The van der Waals surface area contributed by atoms with Crippen molar-refractivity contribution in [3.63, 3.8) is 0 Å². The summed E-state index contributed by atoms with van der Waals surface area (Å²) in [4.78, 5) is 21.4.